The molecule has 1 heterocycles. The summed E-state index contributed by atoms with van der Waals surface area (Å²) >= 11 is 0. The lowest BCUT2D eigenvalue weighted by molar-refractivity contribution is 0.227. The van der Waals surface area contributed by atoms with Gasteiger partial charge in [-0.3, -0.25) is 0 Å². The Balaban J connectivity index is 1.68. The standard InChI is InChI=1S/C17H29NO/c19-15-11-17(10-14-18-12-4-5-13-18)9-8-16-6-2-1-3-7-16/h4-5,12-13,16-17,19H,1-3,6-11,14-15H2. The van der Waals surface area contributed by atoms with Crippen molar-refractivity contribution in [3.8, 4) is 0 Å². The molecule has 0 spiro atoms. The topological polar surface area (TPSA) is 25.2 Å². The molecule has 0 radical (unpaired) electrons. The second-order valence-corrected chi connectivity index (χ2v) is 6.17. The van der Waals surface area contributed by atoms with E-state index in [1.54, 1.807) is 0 Å². The van der Waals surface area contributed by atoms with Gasteiger partial charge in [-0.05, 0) is 36.8 Å². The monoisotopic (exact) mass is 263 g/mol. The number of aliphatic hydroxyl groups excluding tert-OH is 1. The predicted molar refractivity (Wildman–Crippen MR) is 80.1 cm³/mol. The van der Waals surface area contributed by atoms with Crippen molar-refractivity contribution in [3.63, 3.8) is 0 Å². The zero-order valence-corrected chi connectivity index (χ0v) is 12.1. The second kappa shape index (κ2) is 8.42. The number of aryl methyl sites for hydroxylation is 1. The molecule has 1 aromatic rings. The van der Waals surface area contributed by atoms with E-state index in [1.807, 2.05) is 0 Å². The van der Waals surface area contributed by atoms with Gasteiger partial charge in [0.05, 0.1) is 0 Å². The molecule has 0 aromatic carbocycles. The third-order valence-corrected chi connectivity index (χ3v) is 4.71. The molecule has 0 saturated heterocycles. The normalized spacial score (nSPS) is 18.6. The van der Waals surface area contributed by atoms with Gasteiger partial charge in [-0.15, -0.1) is 0 Å². The minimum Gasteiger partial charge on any atom is -0.396 e. The Hall–Kier alpha value is -0.760. The summed E-state index contributed by atoms with van der Waals surface area (Å²) < 4.78 is 2.25. The fourth-order valence-corrected chi connectivity index (χ4v) is 3.41. The van der Waals surface area contributed by atoms with Crippen molar-refractivity contribution in [3.05, 3.63) is 24.5 Å². The number of rotatable bonds is 8. The SMILES string of the molecule is OCCC(CCC1CCCCC1)CCn1cccc1. The third kappa shape index (κ3) is 5.40. The smallest absolute Gasteiger partial charge is 0.0433 e. The molecule has 19 heavy (non-hydrogen) atoms. The summed E-state index contributed by atoms with van der Waals surface area (Å²) in [6.45, 7) is 1.45. The second-order valence-electron chi connectivity index (χ2n) is 6.17. The maximum absolute atomic E-state index is 9.22. The minimum atomic E-state index is 0.348. The van der Waals surface area contributed by atoms with Crippen molar-refractivity contribution in [2.24, 2.45) is 11.8 Å². The molecule has 1 saturated carbocycles. The lowest BCUT2D eigenvalue weighted by atomic mass is 9.83. The van der Waals surface area contributed by atoms with Crippen LogP contribution in [0.15, 0.2) is 24.5 Å². The van der Waals surface area contributed by atoms with E-state index in [0.717, 1.165) is 18.9 Å². The highest BCUT2D eigenvalue weighted by atomic mass is 16.3. The Morgan fingerprint density at radius 3 is 2.42 bits per heavy atom. The van der Waals surface area contributed by atoms with Gasteiger partial charge in [0.2, 0.25) is 0 Å². The predicted octanol–water partition coefficient (Wildman–Crippen LogP) is 4.24. The van der Waals surface area contributed by atoms with E-state index in [2.05, 4.69) is 29.1 Å². The molecule has 0 bridgehead atoms. The van der Waals surface area contributed by atoms with Gasteiger partial charge in [-0.2, -0.15) is 0 Å². The van der Waals surface area contributed by atoms with Crippen molar-refractivity contribution < 1.29 is 5.11 Å². The molecule has 1 aliphatic carbocycles. The van der Waals surface area contributed by atoms with Gasteiger partial charge < -0.3 is 9.67 Å². The van der Waals surface area contributed by atoms with Crippen LogP contribution in [-0.2, 0) is 6.54 Å². The summed E-state index contributed by atoms with van der Waals surface area (Å²) in [6.07, 6.45) is 16.4. The first kappa shape index (κ1) is 14.6. The van der Waals surface area contributed by atoms with Gasteiger partial charge in [-0.1, -0.05) is 44.9 Å². The summed E-state index contributed by atoms with van der Waals surface area (Å²) in [5.41, 5.74) is 0. The van der Waals surface area contributed by atoms with Crippen molar-refractivity contribution in [1.82, 2.24) is 4.57 Å². The quantitative estimate of drug-likeness (QED) is 0.745. The maximum Gasteiger partial charge on any atom is 0.0433 e. The van der Waals surface area contributed by atoms with Crippen LogP contribution in [0.25, 0.3) is 0 Å². The molecule has 2 nitrogen and oxygen atoms in total. The van der Waals surface area contributed by atoms with Gasteiger partial charge in [0.15, 0.2) is 0 Å². The van der Waals surface area contributed by atoms with Gasteiger partial charge in [0.1, 0.15) is 0 Å². The van der Waals surface area contributed by atoms with E-state index in [4.69, 9.17) is 0 Å². The highest BCUT2D eigenvalue weighted by molar-refractivity contribution is 4.90. The van der Waals surface area contributed by atoms with Crippen molar-refractivity contribution in [2.75, 3.05) is 6.61 Å². The zero-order valence-electron chi connectivity index (χ0n) is 12.1. The Morgan fingerprint density at radius 2 is 1.74 bits per heavy atom. The first-order valence-corrected chi connectivity index (χ1v) is 8.10. The molecule has 1 unspecified atom stereocenters. The van der Waals surface area contributed by atoms with Crippen molar-refractivity contribution in [2.45, 2.75) is 64.3 Å². The van der Waals surface area contributed by atoms with Crippen LogP contribution in [-0.4, -0.2) is 16.3 Å². The molecule has 1 aromatic heterocycles. The molecule has 0 amide bonds. The van der Waals surface area contributed by atoms with Gasteiger partial charge in [-0.25, -0.2) is 0 Å². The average molecular weight is 263 g/mol. The van der Waals surface area contributed by atoms with Crippen LogP contribution < -0.4 is 0 Å². The summed E-state index contributed by atoms with van der Waals surface area (Å²) in [6, 6.07) is 4.17. The molecule has 1 atom stereocenters. The fraction of sp³-hybridized carbons (Fsp3) is 0.765. The van der Waals surface area contributed by atoms with Crippen molar-refractivity contribution in [1.29, 1.82) is 0 Å². The summed E-state index contributed by atoms with van der Waals surface area (Å²) in [5.74, 6) is 1.68. The summed E-state index contributed by atoms with van der Waals surface area (Å²) in [5, 5.41) is 9.22. The van der Waals surface area contributed by atoms with Crippen LogP contribution in [0, 0.1) is 11.8 Å². The van der Waals surface area contributed by atoms with E-state index in [9.17, 15) is 5.11 Å². The molecule has 0 aliphatic heterocycles. The highest BCUT2D eigenvalue weighted by Crippen LogP contribution is 2.30. The Labute approximate surface area is 117 Å². The Morgan fingerprint density at radius 1 is 1.00 bits per heavy atom. The first-order chi connectivity index (χ1) is 9.38. The van der Waals surface area contributed by atoms with E-state index >= 15 is 0 Å². The minimum absolute atomic E-state index is 0.348. The van der Waals surface area contributed by atoms with Crippen LogP contribution in [0.5, 0.6) is 0 Å². The largest absolute Gasteiger partial charge is 0.396 e. The molecule has 2 heteroatoms. The fourth-order valence-electron chi connectivity index (χ4n) is 3.41. The molecule has 1 fully saturated rings. The number of aromatic nitrogens is 1. The molecular weight excluding hydrogens is 234 g/mol. The number of nitrogens with zero attached hydrogens (tertiary/aromatic N) is 1. The molecule has 2 rings (SSSR count). The maximum atomic E-state index is 9.22. The highest BCUT2D eigenvalue weighted by Gasteiger charge is 2.16. The first-order valence-electron chi connectivity index (χ1n) is 8.10. The van der Waals surface area contributed by atoms with Crippen LogP contribution in [0.2, 0.25) is 0 Å². The van der Waals surface area contributed by atoms with Crippen LogP contribution in [0.4, 0.5) is 0 Å². The van der Waals surface area contributed by atoms with E-state index in [-0.39, 0.29) is 0 Å². The van der Waals surface area contributed by atoms with Crippen LogP contribution in [0.1, 0.15) is 57.8 Å². The van der Waals surface area contributed by atoms with E-state index < -0.39 is 0 Å². The van der Waals surface area contributed by atoms with Crippen LogP contribution in [0.3, 0.4) is 0 Å². The van der Waals surface area contributed by atoms with E-state index in [0.29, 0.717) is 12.5 Å². The molecule has 108 valence electrons. The Kier molecular flexibility index (Phi) is 6.49. The molecule has 1 aliphatic rings. The van der Waals surface area contributed by atoms with Gasteiger partial charge in [0.25, 0.3) is 0 Å². The summed E-state index contributed by atoms with van der Waals surface area (Å²) in [7, 11) is 0. The average Bonchev–Trinajstić information content (AvgIpc) is 2.96. The lowest BCUT2D eigenvalue weighted by Gasteiger charge is -2.24. The zero-order chi connectivity index (χ0) is 13.3. The third-order valence-electron chi connectivity index (χ3n) is 4.71. The Bertz CT molecular complexity index is 314. The lowest BCUT2D eigenvalue weighted by Crippen LogP contribution is -2.12. The van der Waals surface area contributed by atoms with Gasteiger partial charge in [0, 0.05) is 25.5 Å². The number of hydrogen-bond donors (Lipinski definition) is 1. The van der Waals surface area contributed by atoms with Crippen LogP contribution >= 0.6 is 0 Å². The summed E-state index contributed by atoms with van der Waals surface area (Å²) in [4.78, 5) is 0. The van der Waals surface area contributed by atoms with E-state index in [1.165, 1.54) is 51.4 Å². The molecular formula is C17H29NO. The number of aliphatic hydroxyl groups is 1. The van der Waals surface area contributed by atoms with Gasteiger partial charge >= 0.3 is 0 Å². The molecule has 1 N–H and O–H groups in total. The van der Waals surface area contributed by atoms with Crippen molar-refractivity contribution >= 4 is 0 Å². The number of hydrogen-bond acceptors (Lipinski definition) is 1.